The molecule has 0 unspecified atom stereocenters. The number of allylic oxidation sites excluding steroid dienone is 1. The van der Waals surface area contributed by atoms with E-state index in [1.54, 1.807) is 33.7 Å². The lowest BCUT2D eigenvalue weighted by Gasteiger charge is -2.36. The van der Waals surface area contributed by atoms with Crippen molar-refractivity contribution in [3.05, 3.63) is 33.4 Å². The van der Waals surface area contributed by atoms with Crippen LogP contribution >= 0.6 is 23.1 Å². The second-order valence-corrected chi connectivity index (χ2v) is 9.87. The molecule has 0 radical (unpaired) electrons. The Labute approximate surface area is 179 Å². The van der Waals surface area contributed by atoms with Gasteiger partial charge in [-0.05, 0) is 37.0 Å². The number of thiophene rings is 1. The lowest BCUT2D eigenvalue weighted by Crippen LogP contribution is -2.50. The third kappa shape index (κ3) is 3.97. The Hall–Kier alpha value is -1.80. The predicted molar refractivity (Wildman–Crippen MR) is 123 cm³/mol. The zero-order valence-electron chi connectivity index (χ0n) is 17.0. The van der Waals surface area contributed by atoms with Gasteiger partial charge in [-0.3, -0.25) is 14.2 Å². The Morgan fingerprint density at radius 3 is 2.72 bits per heavy atom. The molecule has 1 aliphatic carbocycles. The number of piperazine rings is 1. The molecule has 0 atom stereocenters. The Kier molecular flexibility index (Phi) is 6.29. The van der Waals surface area contributed by atoms with Gasteiger partial charge in [-0.1, -0.05) is 13.0 Å². The molecule has 2 aromatic rings. The fourth-order valence-corrected chi connectivity index (χ4v) is 6.01. The molecule has 2 aromatic heterocycles. The first-order valence-electron chi connectivity index (χ1n) is 10.4. The quantitative estimate of drug-likeness (QED) is 0.657. The molecule has 6 nitrogen and oxygen atoms in total. The molecule has 1 fully saturated rings. The van der Waals surface area contributed by atoms with Crippen molar-refractivity contribution in [2.75, 3.05) is 42.6 Å². The molecule has 4 rings (SSSR count). The summed E-state index contributed by atoms with van der Waals surface area (Å²) in [7, 11) is 0. The monoisotopic (exact) mass is 432 g/mol. The van der Waals surface area contributed by atoms with Crippen molar-refractivity contribution in [3.8, 4) is 0 Å². The molecule has 0 bridgehead atoms. The first-order chi connectivity index (χ1) is 14.1. The SMILES string of the molecule is C=CCn1c(N2CCN(C(=O)CSCC)CC2)nc2sc3c(c2c1=O)CCCC3. The first-order valence-corrected chi connectivity index (χ1v) is 12.4. The second-order valence-electron chi connectivity index (χ2n) is 7.51. The van der Waals surface area contributed by atoms with Crippen molar-refractivity contribution in [1.29, 1.82) is 0 Å². The van der Waals surface area contributed by atoms with Crippen LogP contribution in [0.15, 0.2) is 17.4 Å². The fraction of sp³-hybridized carbons (Fsp3) is 0.571. The van der Waals surface area contributed by atoms with Crippen molar-refractivity contribution in [3.63, 3.8) is 0 Å². The topological polar surface area (TPSA) is 58.4 Å². The van der Waals surface area contributed by atoms with Gasteiger partial charge in [-0.25, -0.2) is 4.98 Å². The summed E-state index contributed by atoms with van der Waals surface area (Å²) < 4.78 is 1.77. The van der Waals surface area contributed by atoms with Crippen molar-refractivity contribution in [2.45, 2.75) is 39.2 Å². The minimum Gasteiger partial charge on any atom is -0.339 e. The number of amides is 1. The van der Waals surface area contributed by atoms with Crippen LogP contribution in [0.25, 0.3) is 10.2 Å². The molecule has 8 heteroatoms. The van der Waals surface area contributed by atoms with Crippen LogP contribution in [0.2, 0.25) is 0 Å². The largest absolute Gasteiger partial charge is 0.339 e. The zero-order valence-corrected chi connectivity index (χ0v) is 18.6. The molecular formula is C21H28N4O2S2. The summed E-state index contributed by atoms with van der Waals surface area (Å²) >= 11 is 3.35. The first kappa shape index (κ1) is 20.5. The number of carbonyl (C=O) groups is 1. The summed E-state index contributed by atoms with van der Waals surface area (Å²) in [6.07, 6.45) is 6.14. The minimum absolute atomic E-state index is 0.0575. The number of nitrogens with zero attached hydrogens (tertiary/aromatic N) is 4. The smallest absolute Gasteiger partial charge is 0.264 e. The molecule has 1 saturated heterocycles. The number of aryl methyl sites for hydroxylation is 2. The Morgan fingerprint density at radius 1 is 1.24 bits per heavy atom. The molecule has 0 saturated carbocycles. The number of anilines is 1. The van der Waals surface area contributed by atoms with Crippen molar-refractivity contribution in [2.24, 2.45) is 0 Å². The Balaban J connectivity index is 1.64. The minimum atomic E-state index is 0.0575. The van der Waals surface area contributed by atoms with Crippen LogP contribution < -0.4 is 10.5 Å². The van der Waals surface area contributed by atoms with Crippen LogP contribution in [0, 0.1) is 0 Å². The van der Waals surface area contributed by atoms with Gasteiger partial charge in [0.2, 0.25) is 11.9 Å². The van der Waals surface area contributed by atoms with E-state index in [1.165, 1.54) is 16.9 Å². The number of hydrogen-bond acceptors (Lipinski definition) is 6. The molecule has 29 heavy (non-hydrogen) atoms. The summed E-state index contributed by atoms with van der Waals surface area (Å²) in [5.41, 5.74) is 1.28. The molecule has 3 heterocycles. The number of thioether (sulfide) groups is 1. The van der Waals surface area contributed by atoms with E-state index >= 15 is 0 Å². The Morgan fingerprint density at radius 2 is 2.00 bits per heavy atom. The number of carbonyl (C=O) groups excluding carboxylic acids is 1. The van der Waals surface area contributed by atoms with E-state index in [1.807, 2.05) is 4.90 Å². The lowest BCUT2D eigenvalue weighted by molar-refractivity contribution is -0.128. The van der Waals surface area contributed by atoms with E-state index in [2.05, 4.69) is 18.4 Å². The summed E-state index contributed by atoms with van der Waals surface area (Å²) in [5.74, 6) is 2.42. The normalized spacial score (nSPS) is 16.9. The summed E-state index contributed by atoms with van der Waals surface area (Å²) in [6, 6.07) is 0. The second kappa shape index (κ2) is 8.92. The van der Waals surface area contributed by atoms with Crippen molar-refractivity contribution >= 4 is 45.2 Å². The molecule has 0 spiro atoms. The van der Waals surface area contributed by atoms with Gasteiger partial charge in [-0.15, -0.1) is 17.9 Å². The molecule has 0 aromatic carbocycles. The van der Waals surface area contributed by atoms with Gasteiger partial charge >= 0.3 is 0 Å². The average molecular weight is 433 g/mol. The van der Waals surface area contributed by atoms with E-state index in [9.17, 15) is 9.59 Å². The van der Waals surface area contributed by atoms with E-state index in [0.29, 0.717) is 38.5 Å². The maximum absolute atomic E-state index is 13.4. The van der Waals surface area contributed by atoms with Crippen molar-refractivity contribution < 1.29 is 4.79 Å². The fourth-order valence-electron chi connectivity index (χ4n) is 4.20. The number of rotatable bonds is 6. The van der Waals surface area contributed by atoms with E-state index in [0.717, 1.165) is 41.2 Å². The van der Waals surface area contributed by atoms with Gasteiger partial charge < -0.3 is 9.80 Å². The van der Waals surface area contributed by atoms with Crippen LogP contribution in [0.4, 0.5) is 5.95 Å². The number of hydrogen-bond donors (Lipinski definition) is 0. The molecule has 156 valence electrons. The summed E-state index contributed by atoms with van der Waals surface area (Å²) in [4.78, 5) is 36.9. The van der Waals surface area contributed by atoms with Gasteiger partial charge in [-0.2, -0.15) is 11.8 Å². The Bertz CT molecular complexity index is 973. The maximum Gasteiger partial charge on any atom is 0.264 e. The van der Waals surface area contributed by atoms with E-state index in [-0.39, 0.29) is 11.5 Å². The van der Waals surface area contributed by atoms with Gasteiger partial charge in [0.1, 0.15) is 4.83 Å². The molecule has 1 aliphatic heterocycles. The van der Waals surface area contributed by atoms with Crippen LogP contribution in [0.3, 0.4) is 0 Å². The van der Waals surface area contributed by atoms with E-state index in [4.69, 9.17) is 4.98 Å². The average Bonchev–Trinajstić information content (AvgIpc) is 3.12. The van der Waals surface area contributed by atoms with Gasteiger partial charge in [0.15, 0.2) is 0 Å². The van der Waals surface area contributed by atoms with Crippen molar-refractivity contribution in [1.82, 2.24) is 14.5 Å². The lowest BCUT2D eigenvalue weighted by atomic mass is 9.97. The highest BCUT2D eigenvalue weighted by Gasteiger charge is 2.27. The standard InChI is InChI=1S/C21H28N4O2S2/c1-3-9-25-20(27)18-15-7-5-6-8-16(15)29-19(18)22-21(25)24-12-10-23(11-13-24)17(26)14-28-4-2/h3H,1,4-14H2,2H3. The van der Waals surface area contributed by atoms with Crippen LogP contribution in [0.5, 0.6) is 0 Å². The van der Waals surface area contributed by atoms with Crippen LogP contribution in [0.1, 0.15) is 30.2 Å². The number of aromatic nitrogens is 2. The van der Waals surface area contributed by atoms with Crippen LogP contribution in [-0.2, 0) is 24.2 Å². The zero-order chi connectivity index (χ0) is 20.4. The molecular weight excluding hydrogens is 404 g/mol. The summed E-state index contributed by atoms with van der Waals surface area (Å²) in [6.45, 7) is 9.10. The molecule has 2 aliphatic rings. The summed E-state index contributed by atoms with van der Waals surface area (Å²) in [5, 5.41) is 0.820. The van der Waals surface area contributed by atoms with E-state index < -0.39 is 0 Å². The molecule has 1 amide bonds. The highest BCUT2D eigenvalue weighted by Crippen LogP contribution is 2.34. The molecule has 0 N–H and O–H groups in total. The predicted octanol–water partition coefficient (Wildman–Crippen LogP) is 2.92. The number of fused-ring (bicyclic) bond motifs is 3. The third-order valence-electron chi connectivity index (χ3n) is 5.71. The van der Waals surface area contributed by atoms with Gasteiger partial charge in [0.05, 0.1) is 11.1 Å². The van der Waals surface area contributed by atoms with Gasteiger partial charge in [0, 0.05) is 37.6 Å². The van der Waals surface area contributed by atoms with Crippen LogP contribution in [-0.4, -0.2) is 58.0 Å². The third-order valence-corrected chi connectivity index (χ3v) is 7.76. The van der Waals surface area contributed by atoms with Gasteiger partial charge in [0.25, 0.3) is 5.56 Å². The highest BCUT2D eigenvalue weighted by atomic mass is 32.2. The maximum atomic E-state index is 13.4. The highest BCUT2D eigenvalue weighted by molar-refractivity contribution is 7.99.